The molecule has 0 spiro atoms. The van der Waals surface area contributed by atoms with Crippen molar-refractivity contribution in [3.8, 4) is 11.5 Å². The van der Waals surface area contributed by atoms with E-state index in [1.807, 2.05) is 0 Å². The van der Waals surface area contributed by atoms with Crippen molar-refractivity contribution in [2.75, 3.05) is 7.11 Å². The van der Waals surface area contributed by atoms with Crippen LogP contribution >= 0.6 is 0 Å². The van der Waals surface area contributed by atoms with Gasteiger partial charge in [-0.2, -0.15) is 0 Å². The Labute approximate surface area is 111 Å². The number of esters is 1. The summed E-state index contributed by atoms with van der Waals surface area (Å²) in [6.07, 6.45) is 0. The Morgan fingerprint density at radius 2 is 1.68 bits per heavy atom. The number of phenols is 1. The fraction of sp³-hybridized carbons (Fsp3) is 0.462. The van der Waals surface area contributed by atoms with E-state index in [4.69, 9.17) is 14.6 Å². The molecule has 0 saturated heterocycles. The molecule has 0 heterocycles. The van der Waals surface area contributed by atoms with Gasteiger partial charge in [-0.25, -0.2) is 4.79 Å². The van der Waals surface area contributed by atoms with E-state index in [1.165, 1.54) is 52.1 Å². The quantitative estimate of drug-likeness (QED) is 0.621. The first-order valence-electron chi connectivity index (χ1n) is 5.65. The summed E-state index contributed by atoms with van der Waals surface area (Å²) in [4.78, 5) is 11.5. The first-order valence-corrected chi connectivity index (χ1v) is 5.65. The maximum Gasteiger partial charge on any atom is 0.337 e. The first kappa shape index (κ1) is 15.3. The van der Waals surface area contributed by atoms with Gasteiger partial charge >= 0.3 is 11.9 Å². The predicted molar refractivity (Wildman–Crippen MR) is 66.5 cm³/mol. The number of carbonyl (C=O) groups is 1. The Morgan fingerprint density at radius 3 is 2.16 bits per heavy atom. The van der Waals surface area contributed by atoms with Crippen LogP contribution in [0.2, 0.25) is 0 Å². The highest BCUT2D eigenvalue weighted by Crippen LogP contribution is 2.25. The fourth-order valence-electron chi connectivity index (χ4n) is 1.51. The zero-order chi connectivity index (χ0) is 14.7. The third-order valence-corrected chi connectivity index (χ3v) is 2.27. The molecule has 106 valence electrons. The molecule has 1 aromatic rings. The summed E-state index contributed by atoms with van der Waals surface area (Å²) < 4.78 is 15.0. The highest BCUT2D eigenvalue weighted by Gasteiger charge is 2.39. The van der Waals surface area contributed by atoms with Crippen molar-refractivity contribution in [2.24, 2.45) is 0 Å². The number of aliphatic hydroxyl groups is 1. The largest absolute Gasteiger partial charge is 0.508 e. The molecular formula is C13H18O6. The van der Waals surface area contributed by atoms with E-state index in [0.717, 1.165) is 0 Å². The van der Waals surface area contributed by atoms with E-state index in [1.54, 1.807) is 0 Å². The number of ether oxygens (including phenoxy) is 3. The van der Waals surface area contributed by atoms with Crippen LogP contribution < -0.4 is 4.74 Å². The van der Waals surface area contributed by atoms with Gasteiger partial charge in [0.1, 0.15) is 11.5 Å². The molecule has 0 aliphatic rings. The second kappa shape index (κ2) is 5.46. The van der Waals surface area contributed by atoms with Crippen molar-refractivity contribution in [1.29, 1.82) is 0 Å². The average Bonchev–Trinajstić information content (AvgIpc) is 2.29. The van der Waals surface area contributed by atoms with Gasteiger partial charge in [0.15, 0.2) is 5.60 Å². The van der Waals surface area contributed by atoms with Crippen LogP contribution in [0.1, 0.15) is 20.8 Å². The van der Waals surface area contributed by atoms with Crippen LogP contribution in [0.25, 0.3) is 0 Å². The SMILES string of the molecule is COC(=O)C(C)(C)OC(C)(O)Oc1ccc(O)cc1. The van der Waals surface area contributed by atoms with Gasteiger partial charge in [-0.1, -0.05) is 0 Å². The lowest BCUT2D eigenvalue weighted by Gasteiger charge is -2.32. The molecule has 6 heteroatoms. The number of carbonyl (C=O) groups excluding carboxylic acids is 1. The molecule has 6 nitrogen and oxygen atoms in total. The molecule has 1 unspecified atom stereocenters. The lowest BCUT2D eigenvalue weighted by atomic mass is 10.1. The highest BCUT2D eigenvalue weighted by atomic mass is 16.8. The molecule has 0 aliphatic heterocycles. The monoisotopic (exact) mass is 270 g/mol. The van der Waals surface area contributed by atoms with Gasteiger partial charge in [0.2, 0.25) is 0 Å². The third kappa shape index (κ3) is 4.42. The maximum atomic E-state index is 11.5. The van der Waals surface area contributed by atoms with E-state index in [9.17, 15) is 9.90 Å². The molecule has 0 aliphatic carbocycles. The number of hydrogen-bond donors (Lipinski definition) is 2. The number of aromatic hydroxyl groups is 1. The Hall–Kier alpha value is -1.79. The molecule has 0 radical (unpaired) electrons. The van der Waals surface area contributed by atoms with Crippen LogP contribution in [0.3, 0.4) is 0 Å². The molecule has 0 amide bonds. The van der Waals surface area contributed by atoms with Crippen LogP contribution in [-0.4, -0.2) is 34.9 Å². The van der Waals surface area contributed by atoms with Gasteiger partial charge in [-0.05, 0) is 38.1 Å². The van der Waals surface area contributed by atoms with E-state index in [-0.39, 0.29) is 11.5 Å². The first-order chi connectivity index (χ1) is 8.66. The topological polar surface area (TPSA) is 85.2 Å². The smallest absolute Gasteiger partial charge is 0.337 e. The second-order valence-electron chi connectivity index (χ2n) is 4.60. The van der Waals surface area contributed by atoms with Gasteiger partial charge in [0.25, 0.3) is 0 Å². The lowest BCUT2D eigenvalue weighted by molar-refractivity contribution is -0.340. The lowest BCUT2D eigenvalue weighted by Crippen LogP contribution is -2.48. The van der Waals surface area contributed by atoms with E-state index in [0.29, 0.717) is 0 Å². The number of methoxy groups -OCH3 is 1. The Morgan fingerprint density at radius 1 is 1.16 bits per heavy atom. The van der Waals surface area contributed by atoms with Crippen LogP contribution in [0, 0.1) is 0 Å². The Balaban J connectivity index is 2.76. The van der Waals surface area contributed by atoms with Crippen LogP contribution in [-0.2, 0) is 14.3 Å². The predicted octanol–water partition coefficient (Wildman–Crippen LogP) is 1.41. The third-order valence-electron chi connectivity index (χ3n) is 2.27. The standard InChI is InChI=1S/C13H18O6/c1-12(2,11(15)17-4)19-13(3,16)18-10-7-5-9(14)6-8-10/h5-8,14,16H,1-4H3. The van der Waals surface area contributed by atoms with Crippen molar-refractivity contribution >= 4 is 5.97 Å². The minimum atomic E-state index is -2.02. The summed E-state index contributed by atoms with van der Waals surface area (Å²) in [5, 5.41) is 19.1. The fourth-order valence-corrected chi connectivity index (χ4v) is 1.51. The van der Waals surface area contributed by atoms with E-state index >= 15 is 0 Å². The van der Waals surface area contributed by atoms with Gasteiger partial charge < -0.3 is 19.7 Å². The maximum absolute atomic E-state index is 11.5. The van der Waals surface area contributed by atoms with Crippen molar-refractivity contribution < 1.29 is 29.2 Å². The zero-order valence-electron chi connectivity index (χ0n) is 11.3. The number of benzene rings is 1. The molecule has 0 bridgehead atoms. The molecule has 0 aromatic heterocycles. The number of rotatable bonds is 5. The number of phenolic OH excluding ortho intramolecular Hbond substituents is 1. The van der Waals surface area contributed by atoms with Crippen molar-refractivity contribution in [2.45, 2.75) is 32.3 Å². The molecule has 1 atom stereocenters. The Kier molecular flexibility index (Phi) is 4.39. The Bertz CT molecular complexity index is 435. The molecule has 0 saturated carbocycles. The van der Waals surface area contributed by atoms with Gasteiger partial charge in [-0.15, -0.1) is 0 Å². The van der Waals surface area contributed by atoms with Gasteiger partial charge in [0.05, 0.1) is 7.11 Å². The molecule has 2 N–H and O–H groups in total. The zero-order valence-corrected chi connectivity index (χ0v) is 11.3. The summed E-state index contributed by atoms with van der Waals surface area (Å²) in [5.74, 6) is -2.30. The molecule has 0 fully saturated rings. The van der Waals surface area contributed by atoms with E-state index in [2.05, 4.69) is 4.74 Å². The summed E-state index contributed by atoms with van der Waals surface area (Å²) in [6.45, 7) is 4.16. The van der Waals surface area contributed by atoms with Crippen LogP contribution in [0.4, 0.5) is 0 Å². The highest BCUT2D eigenvalue weighted by molar-refractivity contribution is 5.78. The summed E-state index contributed by atoms with van der Waals surface area (Å²) in [7, 11) is 1.23. The normalized spacial score (nSPS) is 14.6. The molecular weight excluding hydrogens is 252 g/mol. The van der Waals surface area contributed by atoms with Crippen LogP contribution in [0.15, 0.2) is 24.3 Å². The van der Waals surface area contributed by atoms with Gasteiger partial charge in [-0.3, -0.25) is 4.74 Å². The summed E-state index contributed by atoms with van der Waals surface area (Å²) >= 11 is 0. The molecule has 1 rings (SSSR count). The minimum absolute atomic E-state index is 0.0720. The molecule has 1 aromatic carbocycles. The average molecular weight is 270 g/mol. The number of hydrogen-bond acceptors (Lipinski definition) is 6. The van der Waals surface area contributed by atoms with Crippen molar-refractivity contribution in [1.82, 2.24) is 0 Å². The second-order valence-corrected chi connectivity index (χ2v) is 4.60. The van der Waals surface area contributed by atoms with Crippen molar-refractivity contribution in [3.63, 3.8) is 0 Å². The van der Waals surface area contributed by atoms with E-state index < -0.39 is 17.5 Å². The van der Waals surface area contributed by atoms with Gasteiger partial charge in [0, 0.05) is 6.92 Å². The minimum Gasteiger partial charge on any atom is -0.508 e. The van der Waals surface area contributed by atoms with Crippen LogP contribution in [0.5, 0.6) is 11.5 Å². The summed E-state index contributed by atoms with van der Waals surface area (Å²) in [6, 6.07) is 5.71. The summed E-state index contributed by atoms with van der Waals surface area (Å²) in [5.41, 5.74) is -1.37. The van der Waals surface area contributed by atoms with Crippen molar-refractivity contribution in [3.05, 3.63) is 24.3 Å². The molecule has 19 heavy (non-hydrogen) atoms.